The third-order valence-corrected chi connectivity index (χ3v) is 5.29. The van der Waals surface area contributed by atoms with Crippen molar-refractivity contribution in [2.75, 3.05) is 0 Å². The van der Waals surface area contributed by atoms with Crippen LogP contribution in [0.15, 0.2) is 86.9 Å². The number of hydrogen-bond donors (Lipinski definition) is 1. The summed E-state index contributed by atoms with van der Waals surface area (Å²) >= 11 is 0. The summed E-state index contributed by atoms with van der Waals surface area (Å²) in [4.78, 5) is 13.1. The van der Waals surface area contributed by atoms with E-state index >= 15 is 0 Å². The Morgan fingerprint density at radius 1 is 0.857 bits per heavy atom. The van der Waals surface area contributed by atoms with Gasteiger partial charge in [-0.3, -0.25) is 4.79 Å². The predicted molar refractivity (Wildman–Crippen MR) is 105 cm³/mol. The Balaban J connectivity index is 2.04. The Hall–Kier alpha value is -3.29. The molecule has 0 atom stereocenters. The van der Waals surface area contributed by atoms with E-state index in [9.17, 15) is 17.6 Å². The maximum Gasteiger partial charge on any atom is 0.238 e. The molecule has 4 aromatic rings. The Kier molecular flexibility index (Phi) is 4.33. The Bertz CT molecular complexity index is 1360. The van der Waals surface area contributed by atoms with Gasteiger partial charge < -0.3 is 4.42 Å². The highest BCUT2D eigenvalue weighted by molar-refractivity contribution is 7.89. The van der Waals surface area contributed by atoms with Crippen molar-refractivity contribution in [2.24, 2.45) is 5.14 Å². The first-order valence-electron chi connectivity index (χ1n) is 8.29. The fourth-order valence-corrected chi connectivity index (χ4v) is 3.56. The second kappa shape index (κ2) is 6.70. The number of primary sulfonamides is 1. The van der Waals surface area contributed by atoms with E-state index in [1.54, 1.807) is 30.3 Å². The third-order valence-electron chi connectivity index (χ3n) is 4.36. The molecular formula is C21H14FNO4S. The smallest absolute Gasteiger partial charge is 0.238 e. The SMILES string of the molecule is NS(=O)(=O)c1ccc(-c2oc3ccccc3c(=O)c2-c2cccc(F)c2)cc1. The van der Waals surface area contributed by atoms with Crippen LogP contribution in [-0.4, -0.2) is 8.42 Å². The molecule has 2 N–H and O–H groups in total. The topological polar surface area (TPSA) is 90.4 Å². The molecule has 0 unspecified atom stereocenters. The van der Waals surface area contributed by atoms with Crippen molar-refractivity contribution < 1.29 is 17.2 Å². The van der Waals surface area contributed by atoms with Crippen LogP contribution in [0.4, 0.5) is 4.39 Å². The summed E-state index contributed by atoms with van der Waals surface area (Å²) < 4.78 is 42.8. The van der Waals surface area contributed by atoms with Gasteiger partial charge >= 0.3 is 0 Å². The minimum Gasteiger partial charge on any atom is -0.455 e. The molecule has 0 fully saturated rings. The van der Waals surface area contributed by atoms with Crippen molar-refractivity contribution >= 4 is 21.0 Å². The van der Waals surface area contributed by atoms with Crippen LogP contribution >= 0.6 is 0 Å². The maximum absolute atomic E-state index is 13.8. The van der Waals surface area contributed by atoms with Crippen LogP contribution in [-0.2, 0) is 10.0 Å². The third kappa shape index (κ3) is 3.21. The summed E-state index contributed by atoms with van der Waals surface area (Å²) in [6.07, 6.45) is 0. The first-order valence-corrected chi connectivity index (χ1v) is 9.84. The predicted octanol–water partition coefficient (Wildman–Crippen LogP) is 3.91. The quantitative estimate of drug-likeness (QED) is 0.569. The molecule has 4 rings (SSSR count). The van der Waals surface area contributed by atoms with E-state index in [1.807, 2.05) is 0 Å². The highest BCUT2D eigenvalue weighted by Crippen LogP contribution is 2.33. The number of fused-ring (bicyclic) bond motifs is 1. The van der Waals surface area contributed by atoms with Crippen LogP contribution in [0.1, 0.15) is 0 Å². The van der Waals surface area contributed by atoms with E-state index in [4.69, 9.17) is 9.56 Å². The van der Waals surface area contributed by atoms with Crippen molar-refractivity contribution in [2.45, 2.75) is 4.90 Å². The van der Waals surface area contributed by atoms with Crippen LogP contribution in [0, 0.1) is 5.82 Å². The van der Waals surface area contributed by atoms with Crippen molar-refractivity contribution in [1.82, 2.24) is 0 Å². The Morgan fingerprint density at radius 2 is 1.57 bits per heavy atom. The molecule has 0 radical (unpaired) electrons. The van der Waals surface area contributed by atoms with Gasteiger partial charge in [0.1, 0.15) is 17.2 Å². The minimum absolute atomic E-state index is 0.0632. The molecule has 3 aromatic carbocycles. The zero-order valence-electron chi connectivity index (χ0n) is 14.4. The van der Waals surface area contributed by atoms with Crippen LogP contribution in [0.25, 0.3) is 33.4 Å². The van der Waals surface area contributed by atoms with Crippen LogP contribution in [0.3, 0.4) is 0 Å². The highest BCUT2D eigenvalue weighted by atomic mass is 32.2. The Labute approximate surface area is 159 Å². The molecule has 0 aliphatic carbocycles. The van der Waals surface area contributed by atoms with Gasteiger partial charge in [0.25, 0.3) is 0 Å². The molecule has 5 nitrogen and oxygen atoms in total. The second-order valence-electron chi connectivity index (χ2n) is 6.21. The molecule has 1 aromatic heterocycles. The number of rotatable bonds is 3. The zero-order valence-corrected chi connectivity index (χ0v) is 15.2. The standard InChI is InChI=1S/C21H14FNO4S/c22-15-5-3-4-14(12-15)19-20(24)17-6-1-2-7-18(17)27-21(19)13-8-10-16(11-9-13)28(23,25)26/h1-12H,(H2,23,25,26). The van der Waals surface area contributed by atoms with E-state index in [0.717, 1.165) is 0 Å². The van der Waals surface area contributed by atoms with E-state index in [-0.39, 0.29) is 21.6 Å². The molecule has 1 heterocycles. The second-order valence-corrected chi connectivity index (χ2v) is 7.77. The molecule has 0 saturated carbocycles. The lowest BCUT2D eigenvalue weighted by Crippen LogP contribution is -2.12. The normalized spacial score (nSPS) is 11.6. The van der Waals surface area contributed by atoms with Gasteiger partial charge in [0, 0.05) is 5.56 Å². The van der Waals surface area contributed by atoms with Gasteiger partial charge in [-0.2, -0.15) is 0 Å². The largest absolute Gasteiger partial charge is 0.455 e. The number of nitrogens with two attached hydrogens (primary N) is 1. The number of hydrogen-bond acceptors (Lipinski definition) is 4. The molecule has 0 bridgehead atoms. The number of sulfonamides is 1. The fourth-order valence-electron chi connectivity index (χ4n) is 3.05. The monoisotopic (exact) mass is 395 g/mol. The van der Waals surface area contributed by atoms with Gasteiger partial charge in [0.15, 0.2) is 0 Å². The van der Waals surface area contributed by atoms with E-state index in [1.165, 1.54) is 42.5 Å². The van der Waals surface area contributed by atoms with E-state index in [2.05, 4.69) is 0 Å². The summed E-state index contributed by atoms with van der Waals surface area (Å²) in [7, 11) is -3.85. The van der Waals surface area contributed by atoms with E-state index < -0.39 is 15.8 Å². The molecule has 7 heteroatoms. The molecule has 140 valence electrons. The van der Waals surface area contributed by atoms with Gasteiger partial charge in [-0.1, -0.05) is 24.3 Å². The Morgan fingerprint density at radius 3 is 2.25 bits per heavy atom. The molecule has 28 heavy (non-hydrogen) atoms. The zero-order chi connectivity index (χ0) is 19.9. The van der Waals surface area contributed by atoms with Gasteiger partial charge in [0.05, 0.1) is 15.8 Å². The number of para-hydroxylation sites is 1. The molecule has 0 aliphatic rings. The van der Waals surface area contributed by atoms with Crippen LogP contribution in [0.2, 0.25) is 0 Å². The molecule has 0 aliphatic heterocycles. The average molecular weight is 395 g/mol. The lowest BCUT2D eigenvalue weighted by molar-refractivity contribution is 0.597. The fraction of sp³-hybridized carbons (Fsp3) is 0. The minimum atomic E-state index is -3.85. The summed E-state index contributed by atoms with van der Waals surface area (Å²) in [5.41, 5.74) is 1.09. The first kappa shape index (κ1) is 18.1. The lowest BCUT2D eigenvalue weighted by Gasteiger charge is -2.11. The molecule has 0 saturated heterocycles. The van der Waals surface area contributed by atoms with Crippen molar-refractivity contribution in [3.63, 3.8) is 0 Å². The number of halogens is 1. The van der Waals surface area contributed by atoms with Gasteiger partial charge in [-0.05, 0) is 54.1 Å². The summed E-state index contributed by atoms with van der Waals surface area (Å²) in [5.74, 6) is -0.268. The molecular weight excluding hydrogens is 381 g/mol. The van der Waals surface area contributed by atoms with Crippen molar-refractivity contribution in [1.29, 1.82) is 0 Å². The summed E-state index contributed by atoms with van der Waals surface area (Å²) in [5, 5.41) is 5.51. The average Bonchev–Trinajstić information content (AvgIpc) is 2.67. The van der Waals surface area contributed by atoms with E-state index in [0.29, 0.717) is 22.1 Å². The maximum atomic E-state index is 13.8. The van der Waals surface area contributed by atoms with Gasteiger partial charge in [-0.25, -0.2) is 17.9 Å². The molecule has 0 amide bonds. The lowest BCUT2D eigenvalue weighted by atomic mass is 9.98. The van der Waals surface area contributed by atoms with Crippen molar-refractivity contribution in [3.8, 4) is 22.5 Å². The summed E-state index contributed by atoms with van der Waals surface area (Å²) in [6, 6.07) is 18.1. The van der Waals surface area contributed by atoms with Gasteiger partial charge in [0.2, 0.25) is 15.5 Å². The van der Waals surface area contributed by atoms with Crippen LogP contribution in [0.5, 0.6) is 0 Å². The van der Waals surface area contributed by atoms with Crippen LogP contribution < -0.4 is 10.6 Å². The summed E-state index contributed by atoms with van der Waals surface area (Å²) in [6.45, 7) is 0. The molecule has 0 spiro atoms. The van der Waals surface area contributed by atoms with Crippen molar-refractivity contribution in [3.05, 3.63) is 88.8 Å². The highest BCUT2D eigenvalue weighted by Gasteiger charge is 2.19. The first-order chi connectivity index (χ1) is 13.3. The van der Waals surface area contributed by atoms with Gasteiger partial charge in [-0.15, -0.1) is 0 Å². The number of benzene rings is 3.